The average Bonchev–Trinajstić information content (AvgIpc) is 1.83. The van der Waals surface area contributed by atoms with E-state index in [0.29, 0.717) is 13.1 Å². The van der Waals surface area contributed by atoms with Crippen LogP contribution >= 0.6 is 0 Å². The largest absolute Gasteiger partial charge is 0.395 e. The van der Waals surface area contributed by atoms with Gasteiger partial charge in [-0.2, -0.15) is 0 Å². The van der Waals surface area contributed by atoms with Gasteiger partial charge in [0.25, 0.3) is 0 Å². The first kappa shape index (κ1) is 7.43. The molecule has 48 valence electrons. The number of aliphatic hydroxyl groups excluding tert-OH is 1. The molecule has 1 amide bonds. The van der Waals surface area contributed by atoms with Gasteiger partial charge >= 0.3 is 0 Å². The lowest BCUT2D eigenvalue weighted by Gasteiger charge is -2.10. The van der Waals surface area contributed by atoms with Crippen LogP contribution in [-0.4, -0.2) is 36.1 Å². The Hall–Kier alpha value is -0.570. The van der Waals surface area contributed by atoms with E-state index in [2.05, 4.69) is 0 Å². The van der Waals surface area contributed by atoms with E-state index in [9.17, 15) is 4.79 Å². The van der Waals surface area contributed by atoms with Crippen molar-refractivity contribution in [2.45, 2.75) is 6.92 Å². The summed E-state index contributed by atoms with van der Waals surface area (Å²) in [6, 6.07) is 0. The van der Waals surface area contributed by atoms with Crippen molar-refractivity contribution in [1.82, 2.24) is 4.90 Å². The Morgan fingerprint density at radius 3 is 2.50 bits per heavy atom. The predicted molar refractivity (Wildman–Crippen MR) is 30.4 cm³/mol. The average molecular weight is 117 g/mol. The van der Waals surface area contributed by atoms with Crippen LogP contribution in [0.1, 0.15) is 6.92 Å². The number of rotatable bonds is 4. The summed E-state index contributed by atoms with van der Waals surface area (Å²) in [5.41, 5.74) is 0. The van der Waals surface area contributed by atoms with Gasteiger partial charge in [-0.3, -0.25) is 4.79 Å². The first-order chi connectivity index (χ1) is 3.85. The van der Waals surface area contributed by atoms with E-state index in [1.807, 2.05) is 6.92 Å². The third-order valence-corrected chi connectivity index (χ3v) is 0.942. The summed E-state index contributed by atoms with van der Waals surface area (Å²) in [4.78, 5) is 11.4. The van der Waals surface area contributed by atoms with Gasteiger partial charge in [-0.25, -0.2) is 0 Å². The molecule has 0 aromatic carbocycles. The highest BCUT2D eigenvalue weighted by atomic mass is 16.3. The van der Waals surface area contributed by atoms with Gasteiger partial charge in [0, 0.05) is 13.1 Å². The van der Waals surface area contributed by atoms with Crippen molar-refractivity contribution in [1.29, 1.82) is 0 Å². The summed E-state index contributed by atoms with van der Waals surface area (Å²) in [6.07, 6.45) is 0.732. The highest BCUT2D eigenvalue weighted by Gasteiger charge is 1.92. The standard InChI is InChI=1S/C5H11NO2/c1-2-6(5-8)3-4-7/h5,7H,2-4H2,1H3. The Balaban J connectivity index is 3.21. The van der Waals surface area contributed by atoms with Gasteiger partial charge in [0.1, 0.15) is 0 Å². The molecule has 0 radical (unpaired) electrons. The second-order valence-electron chi connectivity index (χ2n) is 1.46. The highest BCUT2D eigenvalue weighted by Crippen LogP contribution is 1.77. The monoisotopic (exact) mass is 117 g/mol. The molecule has 1 N–H and O–H groups in total. The number of hydrogen-bond acceptors (Lipinski definition) is 2. The summed E-state index contributed by atoms with van der Waals surface area (Å²) in [5, 5.41) is 8.30. The summed E-state index contributed by atoms with van der Waals surface area (Å²) < 4.78 is 0. The van der Waals surface area contributed by atoms with Gasteiger partial charge in [-0.1, -0.05) is 0 Å². The van der Waals surface area contributed by atoms with E-state index in [1.54, 1.807) is 0 Å². The number of likely N-dealkylation sites (N-methyl/N-ethyl adjacent to an activating group) is 1. The molecule has 0 aliphatic heterocycles. The van der Waals surface area contributed by atoms with E-state index in [-0.39, 0.29) is 6.61 Å². The minimum atomic E-state index is 0.0482. The molecule has 0 spiro atoms. The molecule has 0 aliphatic rings. The van der Waals surface area contributed by atoms with Crippen LogP contribution < -0.4 is 0 Å². The quantitative estimate of drug-likeness (QED) is 0.502. The lowest BCUT2D eigenvalue weighted by atomic mass is 10.5. The molecule has 0 bridgehead atoms. The summed E-state index contributed by atoms with van der Waals surface area (Å²) in [5.74, 6) is 0. The minimum Gasteiger partial charge on any atom is -0.395 e. The Morgan fingerprint density at radius 1 is 1.75 bits per heavy atom. The molecule has 8 heavy (non-hydrogen) atoms. The summed E-state index contributed by atoms with van der Waals surface area (Å²) in [7, 11) is 0. The van der Waals surface area contributed by atoms with Crippen LogP contribution in [0.5, 0.6) is 0 Å². The molecule has 0 atom stereocenters. The number of hydrogen-bond donors (Lipinski definition) is 1. The molecule has 0 aliphatic carbocycles. The number of aliphatic hydroxyl groups is 1. The van der Waals surface area contributed by atoms with Crippen LogP contribution in [-0.2, 0) is 4.79 Å². The van der Waals surface area contributed by atoms with Crippen LogP contribution in [0.25, 0.3) is 0 Å². The molecule has 0 unspecified atom stereocenters. The van der Waals surface area contributed by atoms with Crippen molar-refractivity contribution in [2.24, 2.45) is 0 Å². The first-order valence-corrected chi connectivity index (χ1v) is 2.65. The van der Waals surface area contributed by atoms with E-state index < -0.39 is 0 Å². The van der Waals surface area contributed by atoms with Crippen LogP contribution in [0.2, 0.25) is 0 Å². The van der Waals surface area contributed by atoms with Crippen molar-refractivity contribution >= 4 is 6.41 Å². The van der Waals surface area contributed by atoms with Crippen molar-refractivity contribution in [3.63, 3.8) is 0 Å². The molecule has 0 aromatic rings. The molecule has 0 aromatic heterocycles. The first-order valence-electron chi connectivity index (χ1n) is 2.65. The molecular formula is C5H11NO2. The van der Waals surface area contributed by atoms with Crippen molar-refractivity contribution in [3.8, 4) is 0 Å². The molecule has 3 heteroatoms. The Morgan fingerprint density at radius 2 is 2.38 bits per heavy atom. The zero-order valence-corrected chi connectivity index (χ0v) is 5.00. The normalized spacial score (nSPS) is 8.75. The smallest absolute Gasteiger partial charge is 0.209 e. The SMILES string of the molecule is CCN(C=O)CCO. The van der Waals surface area contributed by atoms with Crippen LogP contribution in [0.4, 0.5) is 0 Å². The van der Waals surface area contributed by atoms with Gasteiger partial charge in [0.15, 0.2) is 0 Å². The molecule has 0 saturated carbocycles. The van der Waals surface area contributed by atoms with Gasteiger partial charge < -0.3 is 10.0 Å². The van der Waals surface area contributed by atoms with Crippen molar-refractivity contribution in [2.75, 3.05) is 19.7 Å². The van der Waals surface area contributed by atoms with Crippen LogP contribution in [0.15, 0.2) is 0 Å². The lowest BCUT2D eigenvalue weighted by Crippen LogP contribution is -2.24. The maximum Gasteiger partial charge on any atom is 0.209 e. The number of carbonyl (C=O) groups excluding carboxylic acids is 1. The van der Waals surface area contributed by atoms with E-state index in [4.69, 9.17) is 5.11 Å². The van der Waals surface area contributed by atoms with Gasteiger partial charge in [0.2, 0.25) is 6.41 Å². The lowest BCUT2D eigenvalue weighted by molar-refractivity contribution is -0.118. The number of nitrogens with zero attached hydrogens (tertiary/aromatic N) is 1. The van der Waals surface area contributed by atoms with Gasteiger partial charge in [0.05, 0.1) is 6.61 Å². The van der Waals surface area contributed by atoms with Crippen LogP contribution in [0.3, 0.4) is 0 Å². The predicted octanol–water partition coefficient (Wildman–Crippen LogP) is -0.543. The molecule has 3 nitrogen and oxygen atoms in total. The zero-order chi connectivity index (χ0) is 6.41. The van der Waals surface area contributed by atoms with Gasteiger partial charge in [-0.05, 0) is 6.92 Å². The fourth-order valence-corrected chi connectivity index (χ4v) is 0.414. The second kappa shape index (κ2) is 4.59. The summed E-state index contributed by atoms with van der Waals surface area (Å²) in [6.45, 7) is 3.03. The van der Waals surface area contributed by atoms with E-state index in [0.717, 1.165) is 6.41 Å². The Bertz CT molecular complexity index is 65.4. The van der Waals surface area contributed by atoms with Crippen molar-refractivity contribution < 1.29 is 9.90 Å². The fraction of sp³-hybridized carbons (Fsp3) is 0.800. The minimum absolute atomic E-state index is 0.0482. The second-order valence-corrected chi connectivity index (χ2v) is 1.46. The molecule has 0 fully saturated rings. The molecular weight excluding hydrogens is 106 g/mol. The molecule has 0 saturated heterocycles. The third-order valence-electron chi connectivity index (χ3n) is 0.942. The number of carbonyl (C=O) groups is 1. The van der Waals surface area contributed by atoms with Crippen molar-refractivity contribution in [3.05, 3.63) is 0 Å². The van der Waals surface area contributed by atoms with Gasteiger partial charge in [-0.15, -0.1) is 0 Å². The van der Waals surface area contributed by atoms with Crippen LogP contribution in [0, 0.1) is 0 Å². The number of amides is 1. The third kappa shape index (κ3) is 2.58. The maximum atomic E-state index is 9.94. The fourth-order valence-electron chi connectivity index (χ4n) is 0.414. The summed E-state index contributed by atoms with van der Waals surface area (Å²) >= 11 is 0. The topological polar surface area (TPSA) is 40.5 Å². The zero-order valence-electron chi connectivity index (χ0n) is 5.00. The highest BCUT2D eigenvalue weighted by molar-refractivity contribution is 5.46. The maximum absolute atomic E-state index is 9.94. The Kier molecular flexibility index (Phi) is 4.26. The van der Waals surface area contributed by atoms with E-state index in [1.165, 1.54) is 4.90 Å². The molecule has 0 heterocycles. The van der Waals surface area contributed by atoms with E-state index >= 15 is 0 Å². The molecule has 0 rings (SSSR count). The Labute approximate surface area is 48.9 Å².